The summed E-state index contributed by atoms with van der Waals surface area (Å²) in [7, 11) is 0. The van der Waals surface area contributed by atoms with E-state index in [1.165, 1.54) is 20.8 Å². The van der Waals surface area contributed by atoms with E-state index in [4.69, 9.17) is 23.7 Å². The van der Waals surface area contributed by atoms with Crippen molar-refractivity contribution in [2.75, 3.05) is 6.61 Å². The minimum absolute atomic E-state index is 0.0793. The molecule has 1 N–H and O–H groups in total. The summed E-state index contributed by atoms with van der Waals surface area (Å²) >= 11 is 0. The van der Waals surface area contributed by atoms with Crippen LogP contribution in [0.5, 0.6) is 0 Å². The van der Waals surface area contributed by atoms with Gasteiger partial charge in [0.25, 0.3) is 0 Å². The number of benzene rings is 1. The molecule has 0 unspecified atom stereocenters. The second-order valence-electron chi connectivity index (χ2n) is 11.3. The van der Waals surface area contributed by atoms with E-state index in [0.29, 0.717) is 22.3 Å². The van der Waals surface area contributed by atoms with E-state index >= 15 is 0 Å². The summed E-state index contributed by atoms with van der Waals surface area (Å²) in [5.74, 6) is -3.04. The average molecular weight is 555 g/mol. The molecule has 0 amide bonds. The van der Waals surface area contributed by atoms with E-state index in [1.807, 2.05) is 6.08 Å². The molecule has 1 heterocycles. The molecule has 1 saturated heterocycles. The fourth-order valence-electron chi connectivity index (χ4n) is 6.97. The Morgan fingerprint density at radius 3 is 2.23 bits per heavy atom. The summed E-state index contributed by atoms with van der Waals surface area (Å²) in [6.07, 6.45) is -2.33. The van der Waals surface area contributed by atoms with Crippen LogP contribution in [0.1, 0.15) is 57.8 Å². The lowest BCUT2D eigenvalue weighted by molar-refractivity contribution is -0.326. The first-order chi connectivity index (χ1) is 18.9. The highest BCUT2D eigenvalue weighted by Crippen LogP contribution is 2.61. The van der Waals surface area contributed by atoms with Crippen molar-refractivity contribution < 1.29 is 48.0 Å². The fourth-order valence-corrected chi connectivity index (χ4v) is 6.97. The van der Waals surface area contributed by atoms with Gasteiger partial charge in [-0.05, 0) is 30.2 Å². The maximum absolute atomic E-state index is 13.5. The molecule has 10 nitrogen and oxygen atoms in total. The van der Waals surface area contributed by atoms with Crippen LogP contribution in [0.4, 0.5) is 0 Å². The monoisotopic (exact) mass is 554 g/mol. The third-order valence-corrected chi connectivity index (χ3v) is 8.78. The molecular formula is C30H34O10. The molecule has 1 saturated carbocycles. The van der Waals surface area contributed by atoms with Crippen molar-refractivity contribution in [1.82, 2.24) is 0 Å². The molecule has 0 aromatic heterocycles. The second-order valence-corrected chi connectivity index (χ2v) is 11.3. The minimum Gasteiger partial charge on any atom is -0.462 e. The van der Waals surface area contributed by atoms with Crippen molar-refractivity contribution in [1.29, 1.82) is 0 Å². The Bertz CT molecular complexity index is 1300. The normalized spacial score (nSPS) is 36.0. The van der Waals surface area contributed by atoms with Crippen LogP contribution in [-0.4, -0.2) is 71.7 Å². The molecule has 40 heavy (non-hydrogen) atoms. The van der Waals surface area contributed by atoms with E-state index in [-0.39, 0.29) is 19.4 Å². The molecule has 2 fully saturated rings. The first-order valence-corrected chi connectivity index (χ1v) is 13.4. The third-order valence-electron chi connectivity index (χ3n) is 8.78. The number of hydrogen-bond acceptors (Lipinski definition) is 10. The van der Waals surface area contributed by atoms with Gasteiger partial charge in [-0.1, -0.05) is 31.2 Å². The number of aliphatic hydroxyl groups excluding tert-OH is 1. The number of rotatable bonds is 5. The van der Waals surface area contributed by atoms with Crippen molar-refractivity contribution >= 4 is 23.9 Å². The zero-order valence-electron chi connectivity index (χ0n) is 23.2. The molecule has 0 spiro atoms. The molecule has 8 atom stereocenters. The third kappa shape index (κ3) is 4.43. The number of fused-ring (bicyclic) bond motifs is 4. The molecular weight excluding hydrogens is 520 g/mol. The Hall–Kier alpha value is -3.50. The SMILES string of the molecule is CC(=O)O[C@H]1C[C@H]2OC[C@@]2(OC(C)=O)[C@H]2C=C3C[C@@H](O)C(C)=C3[C@@H](OC(=O)c3ccccc3)[C@H](OC(C)=O)[C@]12C. The van der Waals surface area contributed by atoms with Crippen LogP contribution >= 0.6 is 0 Å². The molecule has 4 aliphatic rings. The summed E-state index contributed by atoms with van der Waals surface area (Å²) in [5.41, 5.74) is -0.292. The van der Waals surface area contributed by atoms with Gasteiger partial charge in [0.1, 0.15) is 12.2 Å². The Balaban J connectivity index is 1.73. The second kappa shape index (κ2) is 10.2. The predicted octanol–water partition coefficient (Wildman–Crippen LogP) is 2.82. The number of ether oxygens (including phenoxy) is 5. The maximum atomic E-state index is 13.5. The highest BCUT2D eigenvalue weighted by molar-refractivity contribution is 5.89. The Labute approximate surface area is 232 Å². The van der Waals surface area contributed by atoms with Gasteiger partial charge in [-0.15, -0.1) is 0 Å². The van der Waals surface area contributed by atoms with Crippen molar-refractivity contribution in [2.45, 2.75) is 83.6 Å². The van der Waals surface area contributed by atoms with Gasteiger partial charge < -0.3 is 28.8 Å². The largest absolute Gasteiger partial charge is 0.462 e. The lowest BCUT2D eigenvalue weighted by atomic mass is 9.53. The van der Waals surface area contributed by atoms with Gasteiger partial charge in [-0.25, -0.2) is 4.79 Å². The summed E-state index contributed by atoms with van der Waals surface area (Å²) < 4.78 is 29.9. The minimum atomic E-state index is -1.23. The standard InChI is InChI=1S/C30H34O10/c1-15-21(34)11-20-12-22-29(5,23(37-16(2)31)13-24-30(22,14-36-24)40-18(4)33)27(38-17(3)32)26(25(15)20)39-28(35)19-9-7-6-8-10-19/h6-10,12,21-24,26-27,34H,11,13-14H2,1-5H3/t21-,22+,23+,24-,26-,27+,29+,30-/m1/s1. The lowest BCUT2D eigenvalue weighted by Crippen LogP contribution is -2.75. The number of aliphatic hydroxyl groups is 1. The molecule has 1 aromatic rings. The topological polar surface area (TPSA) is 135 Å². The average Bonchev–Trinajstić information content (AvgIpc) is 3.11. The maximum Gasteiger partial charge on any atom is 0.338 e. The van der Waals surface area contributed by atoms with Gasteiger partial charge in [-0.3, -0.25) is 14.4 Å². The molecule has 0 radical (unpaired) electrons. The van der Waals surface area contributed by atoms with Gasteiger partial charge in [0.05, 0.1) is 23.7 Å². The number of hydrogen-bond donors (Lipinski definition) is 1. The highest BCUT2D eigenvalue weighted by Gasteiger charge is 2.72. The molecule has 1 aromatic carbocycles. The zero-order valence-corrected chi connectivity index (χ0v) is 23.2. The van der Waals surface area contributed by atoms with E-state index in [9.17, 15) is 24.3 Å². The van der Waals surface area contributed by atoms with Gasteiger partial charge in [0.15, 0.2) is 17.8 Å². The smallest absolute Gasteiger partial charge is 0.338 e. The van der Waals surface area contributed by atoms with Crippen LogP contribution in [0.25, 0.3) is 0 Å². The molecule has 5 rings (SSSR count). The molecule has 214 valence electrons. The van der Waals surface area contributed by atoms with Gasteiger partial charge in [0.2, 0.25) is 0 Å². The van der Waals surface area contributed by atoms with Crippen molar-refractivity contribution in [3.63, 3.8) is 0 Å². The summed E-state index contributed by atoms with van der Waals surface area (Å²) in [6.45, 7) is 7.47. The summed E-state index contributed by atoms with van der Waals surface area (Å²) in [5, 5.41) is 10.9. The molecule has 1 aliphatic heterocycles. The first-order valence-electron chi connectivity index (χ1n) is 13.4. The van der Waals surface area contributed by atoms with Crippen molar-refractivity contribution in [3.8, 4) is 0 Å². The number of carbonyl (C=O) groups excluding carboxylic acids is 4. The predicted molar refractivity (Wildman–Crippen MR) is 139 cm³/mol. The summed E-state index contributed by atoms with van der Waals surface area (Å²) in [4.78, 5) is 50.8. The van der Waals surface area contributed by atoms with E-state index in [0.717, 1.165) is 0 Å². The van der Waals surface area contributed by atoms with E-state index < -0.39 is 71.3 Å². The summed E-state index contributed by atoms with van der Waals surface area (Å²) in [6, 6.07) is 8.41. The quantitative estimate of drug-likeness (QED) is 0.428. The van der Waals surface area contributed by atoms with Crippen LogP contribution in [0.3, 0.4) is 0 Å². The molecule has 0 bridgehead atoms. The van der Waals surface area contributed by atoms with Crippen LogP contribution in [0, 0.1) is 11.3 Å². The van der Waals surface area contributed by atoms with Gasteiger partial charge in [-0.2, -0.15) is 0 Å². The van der Waals surface area contributed by atoms with E-state index in [2.05, 4.69) is 0 Å². The lowest BCUT2D eigenvalue weighted by Gasteiger charge is -2.63. The van der Waals surface area contributed by atoms with Gasteiger partial charge >= 0.3 is 23.9 Å². The number of carbonyl (C=O) groups is 4. The van der Waals surface area contributed by atoms with E-state index in [1.54, 1.807) is 44.2 Å². The first kappa shape index (κ1) is 28.0. The number of esters is 4. The molecule has 3 aliphatic carbocycles. The van der Waals surface area contributed by atoms with Crippen molar-refractivity contribution in [2.24, 2.45) is 11.3 Å². The van der Waals surface area contributed by atoms with Crippen molar-refractivity contribution in [3.05, 3.63) is 58.7 Å². The molecule has 10 heteroatoms. The highest BCUT2D eigenvalue weighted by atomic mass is 16.6. The van der Waals surface area contributed by atoms with Crippen LogP contribution in [0.15, 0.2) is 53.1 Å². The fraction of sp³-hybridized carbons (Fsp3) is 0.533. The van der Waals surface area contributed by atoms with Gasteiger partial charge in [0, 0.05) is 45.1 Å². The van der Waals surface area contributed by atoms with Crippen LogP contribution in [0.2, 0.25) is 0 Å². The van der Waals surface area contributed by atoms with Crippen LogP contribution in [-0.2, 0) is 38.1 Å². The Kier molecular flexibility index (Phi) is 7.12. The zero-order chi connectivity index (χ0) is 29.0. The Morgan fingerprint density at radius 1 is 0.975 bits per heavy atom. The van der Waals surface area contributed by atoms with Crippen LogP contribution < -0.4 is 0 Å². The Morgan fingerprint density at radius 2 is 1.65 bits per heavy atom.